The molecule has 1 aliphatic heterocycles. The van der Waals surface area contributed by atoms with E-state index < -0.39 is 35.5 Å². The summed E-state index contributed by atoms with van der Waals surface area (Å²) in [5.41, 5.74) is -3.01. The van der Waals surface area contributed by atoms with Crippen LogP contribution in [0.25, 0.3) is 0 Å². The van der Waals surface area contributed by atoms with Gasteiger partial charge in [-0.25, -0.2) is 0 Å². The summed E-state index contributed by atoms with van der Waals surface area (Å²) in [5.74, 6) is -1.24. The van der Waals surface area contributed by atoms with Crippen LogP contribution in [0.5, 0.6) is 0 Å². The normalized spacial score (nSPS) is 23.3. The fourth-order valence-electron chi connectivity index (χ4n) is 5.40. The van der Waals surface area contributed by atoms with Gasteiger partial charge in [0, 0.05) is 25.4 Å². The number of rotatable bonds is 6. The number of hydrogen-bond donors (Lipinski definition) is 1. The summed E-state index contributed by atoms with van der Waals surface area (Å²) in [5, 5.41) is 8.97. The molecule has 0 spiro atoms. The zero-order valence-electron chi connectivity index (χ0n) is 20.3. The van der Waals surface area contributed by atoms with Crippen LogP contribution >= 0.6 is 0 Å². The second kappa shape index (κ2) is 11.0. The lowest BCUT2D eigenvalue weighted by molar-refractivity contribution is -0.143. The first kappa shape index (κ1) is 28.3. The number of carbonyl (C=O) groups is 2. The fraction of sp³-hybridized carbons (Fsp3) is 0.680. The van der Waals surface area contributed by atoms with E-state index in [9.17, 15) is 35.9 Å². The van der Waals surface area contributed by atoms with Crippen molar-refractivity contribution in [2.24, 2.45) is 11.8 Å². The number of likely N-dealkylation sites (tertiary alicyclic amines) is 1. The fourth-order valence-corrected chi connectivity index (χ4v) is 5.40. The molecule has 1 amide bonds. The first-order valence-corrected chi connectivity index (χ1v) is 12.2. The molecular weight excluding hydrogens is 490 g/mol. The molecule has 1 aromatic carbocycles. The summed E-state index contributed by atoms with van der Waals surface area (Å²) >= 11 is 0. The third-order valence-electron chi connectivity index (χ3n) is 7.70. The molecule has 1 aliphatic carbocycles. The zero-order valence-corrected chi connectivity index (χ0v) is 20.3. The Morgan fingerprint density at radius 2 is 1.44 bits per heavy atom. The van der Waals surface area contributed by atoms with E-state index in [0.29, 0.717) is 44.1 Å². The average Bonchev–Trinajstić information content (AvgIpc) is 2.81. The molecular formula is C25H32F6N2O3. The molecule has 1 N–H and O–H groups in total. The highest BCUT2D eigenvalue weighted by molar-refractivity contribution is 5.79. The van der Waals surface area contributed by atoms with Crippen LogP contribution in [0.3, 0.4) is 0 Å². The van der Waals surface area contributed by atoms with Crippen LogP contribution in [0.1, 0.15) is 74.6 Å². The largest absolute Gasteiger partial charge is 0.481 e. The highest BCUT2D eigenvalue weighted by atomic mass is 19.4. The highest BCUT2D eigenvalue weighted by Gasteiger charge is 2.38. The number of hydrogen-bond acceptors (Lipinski definition) is 3. The standard InChI is InChI=1S/C25H32F6N2O3/c1-15(18-12-19(24(26,27)28)14-20(13-18)25(29,30)31)32(2)23(36)17-7-9-33(10-8-17)21-5-3-16(4-6-21)11-22(34)35/h12-17,21H,3-11H2,1-2H3,(H,34,35). The summed E-state index contributed by atoms with van der Waals surface area (Å²) in [6, 6.07) is 0.806. The second-order valence-corrected chi connectivity index (χ2v) is 10.0. The summed E-state index contributed by atoms with van der Waals surface area (Å²) in [6.07, 6.45) is -5.07. The lowest BCUT2D eigenvalue weighted by Crippen LogP contribution is -2.46. The summed E-state index contributed by atoms with van der Waals surface area (Å²) in [4.78, 5) is 27.6. The molecule has 1 heterocycles. The molecule has 202 valence electrons. The average molecular weight is 523 g/mol. The van der Waals surface area contributed by atoms with E-state index in [4.69, 9.17) is 5.11 Å². The van der Waals surface area contributed by atoms with Crippen molar-refractivity contribution in [3.05, 3.63) is 34.9 Å². The monoisotopic (exact) mass is 522 g/mol. The van der Waals surface area contributed by atoms with Gasteiger partial charge in [-0.3, -0.25) is 9.59 Å². The van der Waals surface area contributed by atoms with Crippen molar-refractivity contribution in [2.75, 3.05) is 20.1 Å². The first-order valence-electron chi connectivity index (χ1n) is 12.2. The van der Waals surface area contributed by atoms with Crippen LogP contribution in [0.15, 0.2) is 18.2 Å². The molecule has 1 saturated heterocycles. The van der Waals surface area contributed by atoms with E-state index in [1.165, 1.54) is 18.9 Å². The van der Waals surface area contributed by atoms with E-state index in [1.54, 1.807) is 0 Å². The molecule has 1 aromatic rings. The van der Waals surface area contributed by atoms with Crippen LogP contribution in [-0.4, -0.2) is 53.0 Å². The Bertz CT molecular complexity index is 900. The number of nitrogens with zero attached hydrogens (tertiary/aromatic N) is 2. The van der Waals surface area contributed by atoms with Gasteiger partial charge in [-0.1, -0.05) is 0 Å². The SMILES string of the molecule is CC(c1cc(C(F)(F)F)cc(C(F)(F)F)c1)N(C)C(=O)C1CCN(C2CCC(CC(=O)O)CC2)CC1. The predicted octanol–water partition coefficient (Wildman–Crippen LogP) is 5.99. The van der Waals surface area contributed by atoms with Gasteiger partial charge >= 0.3 is 18.3 Å². The van der Waals surface area contributed by atoms with Gasteiger partial charge in [0.25, 0.3) is 0 Å². The van der Waals surface area contributed by atoms with Gasteiger partial charge in [0.2, 0.25) is 5.91 Å². The predicted molar refractivity (Wildman–Crippen MR) is 120 cm³/mol. The van der Waals surface area contributed by atoms with Gasteiger partial charge < -0.3 is 14.9 Å². The first-order chi connectivity index (χ1) is 16.7. The van der Waals surface area contributed by atoms with Gasteiger partial charge in [0.1, 0.15) is 0 Å². The maximum Gasteiger partial charge on any atom is 0.416 e. The number of benzene rings is 1. The smallest absolute Gasteiger partial charge is 0.416 e. The van der Waals surface area contributed by atoms with E-state index in [0.717, 1.165) is 25.7 Å². The summed E-state index contributed by atoms with van der Waals surface area (Å²) in [6.45, 7) is 2.78. The van der Waals surface area contributed by atoms with Crippen LogP contribution in [0, 0.1) is 11.8 Å². The lowest BCUT2D eigenvalue weighted by atomic mass is 9.82. The molecule has 36 heavy (non-hydrogen) atoms. The van der Waals surface area contributed by atoms with Crippen molar-refractivity contribution >= 4 is 11.9 Å². The number of carbonyl (C=O) groups excluding carboxylic acids is 1. The minimum Gasteiger partial charge on any atom is -0.481 e. The maximum atomic E-state index is 13.2. The molecule has 3 rings (SSSR count). The topological polar surface area (TPSA) is 60.9 Å². The Balaban J connectivity index is 1.62. The Kier molecular flexibility index (Phi) is 8.63. The van der Waals surface area contributed by atoms with Crippen molar-refractivity contribution < 1.29 is 41.0 Å². The van der Waals surface area contributed by atoms with E-state index in [-0.39, 0.29) is 35.8 Å². The van der Waals surface area contributed by atoms with Crippen molar-refractivity contribution in [2.45, 2.75) is 76.3 Å². The van der Waals surface area contributed by atoms with Gasteiger partial charge in [0.15, 0.2) is 0 Å². The van der Waals surface area contributed by atoms with Crippen molar-refractivity contribution in [3.63, 3.8) is 0 Å². The molecule has 2 aliphatic rings. The molecule has 0 bridgehead atoms. The molecule has 0 aromatic heterocycles. The van der Waals surface area contributed by atoms with E-state index in [1.807, 2.05) is 0 Å². The minimum atomic E-state index is -4.95. The molecule has 1 unspecified atom stereocenters. The third kappa shape index (κ3) is 6.92. The third-order valence-corrected chi connectivity index (χ3v) is 7.70. The number of piperidine rings is 1. The van der Waals surface area contributed by atoms with Gasteiger partial charge in [-0.2, -0.15) is 26.3 Å². The molecule has 11 heteroatoms. The molecule has 1 saturated carbocycles. The lowest BCUT2D eigenvalue weighted by Gasteiger charge is -2.41. The van der Waals surface area contributed by atoms with Gasteiger partial charge in [0.05, 0.1) is 17.2 Å². The van der Waals surface area contributed by atoms with E-state index >= 15 is 0 Å². The molecule has 5 nitrogen and oxygen atoms in total. The molecule has 2 fully saturated rings. The summed E-state index contributed by atoms with van der Waals surface area (Å²) in [7, 11) is 1.41. The second-order valence-electron chi connectivity index (χ2n) is 10.0. The number of aliphatic carboxylic acids is 1. The summed E-state index contributed by atoms with van der Waals surface area (Å²) < 4.78 is 79.4. The van der Waals surface area contributed by atoms with Gasteiger partial charge in [-0.15, -0.1) is 0 Å². The maximum absolute atomic E-state index is 13.2. The van der Waals surface area contributed by atoms with Gasteiger partial charge in [-0.05, 0) is 88.2 Å². The number of alkyl halides is 6. The highest BCUT2D eigenvalue weighted by Crippen LogP contribution is 2.39. The Morgan fingerprint density at radius 3 is 1.89 bits per heavy atom. The zero-order chi connectivity index (χ0) is 26.8. The minimum absolute atomic E-state index is 0.0862. The Morgan fingerprint density at radius 1 is 0.944 bits per heavy atom. The number of halogens is 6. The van der Waals surface area contributed by atoms with Crippen molar-refractivity contribution in [1.82, 2.24) is 9.80 Å². The van der Waals surface area contributed by atoms with Crippen molar-refractivity contribution in [1.29, 1.82) is 0 Å². The van der Waals surface area contributed by atoms with Crippen LogP contribution in [0.4, 0.5) is 26.3 Å². The van der Waals surface area contributed by atoms with E-state index in [2.05, 4.69) is 4.90 Å². The quantitative estimate of drug-likeness (QED) is 0.467. The number of amides is 1. The molecule has 0 radical (unpaired) electrons. The van der Waals surface area contributed by atoms with Crippen LogP contribution < -0.4 is 0 Å². The number of carboxylic acid groups (broad SMARTS) is 1. The van der Waals surface area contributed by atoms with Crippen molar-refractivity contribution in [3.8, 4) is 0 Å². The number of carboxylic acids is 1. The Labute approximate surface area is 206 Å². The molecule has 1 atom stereocenters. The van der Waals surface area contributed by atoms with Crippen LogP contribution in [0.2, 0.25) is 0 Å². The Hall–Kier alpha value is -2.30. The van der Waals surface area contributed by atoms with Crippen LogP contribution in [-0.2, 0) is 21.9 Å².